The Balaban J connectivity index is 1.74. The van der Waals surface area contributed by atoms with E-state index in [1.807, 2.05) is 18.2 Å². The van der Waals surface area contributed by atoms with E-state index in [1.165, 1.54) is 19.2 Å². The number of H-pyrrole nitrogens is 1. The second kappa shape index (κ2) is 5.09. The van der Waals surface area contributed by atoms with Crippen LogP contribution in [0.2, 0.25) is 0 Å². The van der Waals surface area contributed by atoms with Crippen LogP contribution in [-0.2, 0) is 0 Å². The number of hydrogen-bond donors (Lipinski definition) is 2. The van der Waals surface area contributed by atoms with E-state index in [4.69, 9.17) is 0 Å². The van der Waals surface area contributed by atoms with Gasteiger partial charge in [0.1, 0.15) is 6.33 Å². The molecule has 0 saturated carbocycles. The molecule has 1 aromatic heterocycles. The Labute approximate surface area is 110 Å². The zero-order valence-electron chi connectivity index (χ0n) is 10.5. The van der Waals surface area contributed by atoms with Gasteiger partial charge in [-0.3, -0.25) is 9.89 Å². The van der Waals surface area contributed by atoms with Crippen molar-refractivity contribution in [2.45, 2.75) is 12.8 Å². The summed E-state index contributed by atoms with van der Waals surface area (Å²) in [5.74, 6) is -0.0670. The Kier molecular flexibility index (Phi) is 3.14. The molecule has 98 valence electrons. The van der Waals surface area contributed by atoms with Crippen LogP contribution in [-0.4, -0.2) is 34.2 Å². The summed E-state index contributed by atoms with van der Waals surface area (Å²) in [4.78, 5) is 18.0. The highest BCUT2D eigenvalue weighted by atomic mass is 16.2. The normalized spacial score (nSPS) is 14.6. The minimum Gasteiger partial charge on any atom is -0.371 e. The maximum atomic E-state index is 11.8. The first-order valence-electron chi connectivity index (χ1n) is 6.35. The first-order valence-corrected chi connectivity index (χ1v) is 6.35. The maximum Gasteiger partial charge on any atom is 0.292 e. The van der Waals surface area contributed by atoms with Crippen molar-refractivity contribution in [1.29, 1.82) is 0 Å². The summed E-state index contributed by atoms with van der Waals surface area (Å²) in [6, 6.07) is 7.87. The van der Waals surface area contributed by atoms with E-state index in [0.717, 1.165) is 24.5 Å². The number of aromatic nitrogens is 3. The van der Waals surface area contributed by atoms with Gasteiger partial charge in [0, 0.05) is 24.5 Å². The Bertz CT molecular complexity index is 560. The number of amides is 1. The number of nitrogens with one attached hydrogen (secondary N) is 2. The van der Waals surface area contributed by atoms with Gasteiger partial charge in [0.05, 0.1) is 0 Å². The molecule has 6 nitrogen and oxygen atoms in total. The fraction of sp³-hybridized carbons (Fsp3) is 0.308. The predicted octanol–water partition coefficient (Wildman–Crippen LogP) is 1.66. The van der Waals surface area contributed by atoms with E-state index in [1.54, 1.807) is 0 Å². The number of aromatic amines is 1. The monoisotopic (exact) mass is 257 g/mol. The molecule has 1 amide bonds. The van der Waals surface area contributed by atoms with Gasteiger partial charge in [-0.2, -0.15) is 5.10 Å². The fourth-order valence-electron chi connectivity index (χ4n) is 2.26. The van der Waals surface area contributed by atoms with Crippen LogP contribution < -0.4 is 10.2 Å². The van der Waals surface area contributed by atoms with Crippen LogP contribution in [0.3, 0.4) is 0 Å². The third-order valence-corrected chi connectivity index (χ3v) is 3.21. The van der Waals surface area contributed by atoms with Crippen molar-refractivity contribution in [3.63, 3.8) is 0 Å². The topological polar surface area (TPSA) is 73.9 Å². The average molecular weight is 257 g/mol. The maximum absolute atomic E-state index is 11.8. The Hall–Kier alpha value is -2.37. The molecule has 2 heterocycles. The average Bonchev–Trinajstić information content (AvgIpc) is 3.13. The van der Waals surface area contributed by atoms with Crippen molar-refractivity contribution in [2.75, 3.05) is 23.3 Å². The Morgan fingerprint density at radius 3 is 2.89 bits per heavy atom. The molecule has 1 aromatic carbocycles. The molecule has 0 bridgehead atoms. The van der Waals surface area contributed by atoms with Crippen molar-refractivity contribution in [3.05, 3.63) is 36.4 Å². The van der Waals surface area contributed by atoms with Gasteiger partial charge < -0.3 is 10.2 Å². The molecule has 1 aliphatic rings. The van der Waals surface area contributed by atoms with Crippen LogP contribution in [0, 0.1) is 0 Å². The van der Waals surface area contributed by atoms with Crippen molar-refractivity contribution in [1.82, 2.24) is 15.2 Å². The molecule has 0 unspecified atom stereocenters. The number of nitrogens with zero attached hydrogens (tertiary/aromatic N) is 3. The van der Waals surface area contributed by atoms with Gasteiger partial charge in [0.25, 0.3) is 5.91 Å². The molecular formula is C13H15N5O. The first-order chi connectivity index (χ1) is 9.33. The van der Waals surface area contributed by atoms with Gasteiger partial charge in [-0.1, -0.05) is 6.07 Å². The summed E-state index contributed by atoms with van der Waals surface area (Å²) in [6.07, 6.45) is 3.78. The van der Waals surface area contributed by atoms with Crippen LogP contribution in [0.4, 0.5) is 11.4 Å². The lowest BCUT2D eigenvalue weighted by Crippen LogP contribution is -2.18. The van der Waals surface area contributed by atoms with Gasteiger partial charge >= 0.3 is 0 Å². The molecule has 0 radical (unpaired) electrons. The lowest BCUT2D eigenvalue weighted by atomic mass is 10.2. The van der Waals surface area contributed by atoms with Crippen molar-refractivity contribution >= 4 is 17.3 Å². The molecule has 0 atom stereocenters. The predicted molar refractivity (Wildman–Crippen MR) is 72.2 cm³/mol. The summed E-state index contributed by atoms with van der Waals surface area (Å²) >= 11 is 0. The number of rotatable bonds is 3. The van der Waals surface area contributed by atoms with E-state index < -0.39 is 0 Å². The second-order valence-electron chi connectivity index (χ2n) is 4.53. The molecule has 19 heavy (non-hydrogen) atoms. The van der Waals surface area contributed by atoms with E-state index >= 15 is 0 Å². The van der Waals surface area contributed by atoms with Gasteiger partial charge in [0.2, 0.25) is 5.82 Å². The van der Waals surface area contributed by atoms with Crippen molar-refractivity contribution in [2.24, 2.45) is 0 Å². The number of hydrogen-bond acceptors (Lipinski definition) is 4. The third kappa shape index (κ3) is 2.57. The standard InChI is InChI=1S/C13H15N5O/c19-13(12-14-9-15-17-12)16-10-4-3-5-11(8-10)18-6-1-2-7-18/h3-5,8-9H,1-2,6-7H2,(H,16,19)(H,14,15,17). The lowest BCUT2D eigenvalue weighted by molar-refractivity contribution is 0.101. The van der Waals surface area contributed by atoms with Crippen molar-refractivity contribution < 1.29 is 4.79 Å². The van der Waals surface area contributed by atoms with Gasteiger partial charge in [-0.05, 0) is 31.0 Å². The minimum atomic E-state index is -0.281. The summed E-state index contributed by atoms with van der Waals surface area (Å²) in [7, 11) is 0. The zero-order valence-corrected chi connectivity index (χ0v) is 10.5. The smallest absolute Gasteiger partial charge is 0.292 e. The molecule has 0 aliphatic carbocycles. The molecular weight excluding hydrogens is 242 g/mol. The molecule has 0 spiro atoms. The number of carbonyl (C=O) groups is 1. The number of carbonyl (C=O) groups excluding carboxylic acids is 1. The first kappa shape index (κ1) is 11.7. The summed E-state index contributed by atoms with van der Waals surface area (Å²) in [5, 5.41) is 9.01. The van der Waals surface area contributed by atoms with E-state index in [0.29, 0.717) is 0 Å². The molecule has 3 rings (SSSR count). The highest BCUT2D eigenvalue weighted by Gasteiger charge is 2.13. The molecule has 1 saturated heterocycles. The molecule has 1 fully saturated rings. The lowest BCUT2D eigenvalue weighted by Gasteiger charge is -2.18. The van der Waals surface area contributed by atoms with Gasteiger partial charge in [0.15, 0.2) is 0 Å². The van der Waals surface area contributed by atoms with E-state index in [-0.39, 0.29) is 11.7 Å². The highest BCUT2D eigenvalue weighted by Crippen LogP contribution is 2.23. The summed E-state index contributed by atoms with van der Waals surface area (Å²) < 4.78 is 0. The zero-order chi connectivity index (χ0) is 13.1. The van der Waals surface area contributed by atoms with Gasteiger partial charge in [-0.25, -0.2) is 4.98 Å². The summed E-state index contributed by atoms with van der Waals surface area (Å²) in [6.45, 7) is 2.17. The van der Waals surface area contributed by atoms with Crippen LogP contribution in [0.1, 0.15) is 23.5 Å². The highest BCUT2D eigenvalue weighted by molar-refractivity contribution is 6.01. The van der Waals surface area contributed by atoms with Crippen LogP contribution in [0.25, 0.3) is 0 Å². The molecule has 2 aromatic rings. The minimum absolute atomic E-state index is 0.214. The van der Waals surface area contributed by atoms with Crippen LogP contribution in [0.15, 0.2) is 30.6 Å². The Morgan fingerprint density at radius 1 is 1.32 bits per heavy atom. The molecule has 2 N–H and O–H groups in total. The molecule has 6 heteroatoms. The van der Waals surface area contributed by atoms with Crippen LogP contribution >= 0.6 is 0 Å². The van der Waals surface area contributed by atoms with Crippen molar-refractivity contribution in [3.8, 4) is 0 Å². The summed E-state index contributed by atoms with van der Waals surface area (Å²) in [5.41, 5.74) is 1.92. The largest absolute Gasteiger partial charge is 0.371 e. The van der Waals surface area contributed by atoms with Crippen LogP contribution in [0.5, 0.6) is 0 Å². The number of anilines is 2. The second-order valence-corrected chi connectivity index (χ2v) is 4.53. The van der Waals surface area contributed by atoms with E-state index in [9.17, 15) is 4.79 Å². The number of benzene rings is 1. The quantitative estimate of drug-likeness (QED) is 0.877. The van der Waals surface area contributed by atoms with Gasteiger partial charge in [-0.15, -0.1) is 0 Å². The SMILES string of the molecule is O=C(Nc1cccc(N2CCCC2)c1)c1ncn[nH]1. The fourth-order valence-corrected chi connectivity index (χ4v) is 2.26. The van der Waals surface area contributed by atoms with E-state index in [2.05, 4.69) is 31.5 Å². The molecule has 1 aliphatic heterocycles. The third-order valence-electron chi connectivity index (χ3n) is 3.21. The Morgan fingerprint density at radius 2 is 2.16 bits per heavy atom.